The standard InChI is InChI=1S/C15H26O3/c1-9-11(16)6-8-15(4)7-5-10(14(2,3)18)13(17)12(9)15/h10-13,16-18H,1,5-8H2,2-4H3/t10-,11+,12-,13+,15+/m1/s1. The van der Waals surface area contributed by atoms with Gasteiger partial charge >= 0.3 is 0 Å². The van der Waals surface area contributed by atoms with Crippen molar-refractivity contribution in [2.45, 2.75) is 64.3 Å². The molecular weight excluding hydrogens is 228 g/mol. The van der Waals surface area contributed by atoms with Crippen LogP contribution in [0.2, 0.25) is 0 Å². The van der Waals surface area contributed by atoms with Crippen LogP contribution in [-0.4, -0.2) is 33.1 Å². The van der Waals surface area contributed by atoms with Gasteiger partial charge in [0.1, 0.15) is 0 Å². The zero-order valence-corrected chi connectivity index (χ0v) is 11.7. The molecule has 0 aromatic carbocycles. The number of rotatable bonds is 1. The third-order valence-corrected chi connectivity index (χ3v) is 5.25. The Morgan fingerprint density at radius 1 is 1.22 bits per heavy atom. The molecule has 0 aliphatic heterocycles. The second-order valence-electron chi connectivity index (χ2n) is 7.05. The molecule has 5 atom stereocenters. The second kappa shape index (κ2) is 4.32. The molecule has 2 fully saturated rings. The molecule has 0 saturated heterocycles. The van der Waals surface area contributed by atoms with Gasteiger partial charge in [0, 0.05) is 11.8 Å². The van der Waals surface area contributed by atoms with E-state index in [1.54, 1.807) is 13.8 Å². The zero-order valence-electron chi connectivity index (χ0n) is 11.7. The first-order valence-corrected chi connectivity index (χ1v) is 6.94. The zero-order chi connectivity index (χ0) is 13.7. The first-order chi connectivity index (χ1) is 8.17. The van der Waals surface area contributed by atoms with Gasteiger partial charge in [-0.2, -0.15) is 0 Å². The van der Waals surface area contributed by atoms with E-state index < -0.39 is 17.8 Å². The lowest BCUT2D eigenvalue weighted by molar-refractivity contribution is -0.129. The van der Waals surface area contributed by atoms with Crippen LogP contribution in [0.15, 0.2) is 12.2 Å². The molecule has 18 heavy (non-hydrogen) atoms. The maximum atomic E-state index is 10.6. The molecule has 0 spiro atoms. The van der Waals surface area contributed by atoms with E-state index in [0.717, 1.165) is 31.3 Å². The van der Waals surface area contributed by atoms with E-state index in [2.05, 4.69) is 13.5 Å². The second-order valence-corrected chi connectivity index (χ2v) is 7.05. The van der Waals surface area contributed by atoms with Crippen molar-refractivity contribution in [3.8, 4) is 0 Å². The van der Waals surface area contributed by atoms with Crippen molar-refractivity contribution in [3.63, 3.8) is 0 Å². The van der Waals surface area contributed by atoms with Gasteiger partial charge in [0.15, 0.2) is 0 Å². The fourth-order valence-corrected chi connectivity index (χ4v) is 4.03. The van der Waals surface area contributed by atoms with Crippen molar-refractivity contribution in [3.05, 3.63) is 12.2 Å². The Hall–Kier alpha value is -0.380. The third-order valence-electron chi connectivity index (χ3n) is 5.25. The minimum absolute atomic E-state index is 0.0253. The van der Waals surface area contributed by atoms with Crippen LogP contribution in [0, 0.1) is 17.3 Å². The molecule has 0 unspecified atom stereocenters. The van der Waals surface area contributed by atoms with Gasteiger partial charge in [-0.25, -0.2) is 0 Å². The SMILES string of the molecule is C=C1[C@@H]2[C@@H](O)[C@H](C(C)(C)O)CC[C@@]2(C)CC[C@@H]1O. The van der Waals surface area contributed by atoms with Gasteiger partial charge in [-0.05, 0) is 50.5 Å². The fourth-order valence-electron chi connectivity index (χ4n) is 4.03. The topological polar surface area (TPSA) is 60.7 Å². The number of aliphatic hydroxyl groups is 3. The van der Waals surface area contributed by atoms with Gasteiger partial charge < -0.3 is 15.3 Å². The van der Waals surface area contributed by atoms with Crippen molar-refractivity contribution >= 4 is 0 Å². The Morgan fingerprint density at radius 3 is 2.33 bits per heavy atom. The summed E-state index contributed by atoms with van der Waals surface area (Å²) in [7, 11) is 0. The van der Waals surface area contributed by atoms with E-state index in [0.29, 0.717) is 0 Å². The first kappa shape index (κ1) is 14.0. The Bertz CT molecular complexity index is 344. The molecule has 2 rings (SSSR count). The highest BCUT2D eigenvalue weighted by molar-refractivity contribution is 5.20. The van der Waals surface area contributed by atoms with Crippen molar-refractivity contribution in [1.29, 1.82) is 0 Å². The molecule has 3 nitrogen and oxygen atoms in total. The highest BCUT2D eigenvalue weighted by Crippen LogP contribution is 2.54. The normalized spacial score (nSPS) is 45.8. The van der Waals surface area contributed by atoms with Gasteiger partial charge in [-0.15, -0.1) is 0 Å². The Morgan fingerprint density at radius 2 is 1.78 bits per heavy atom. The summed E-state index contributed by atoms with van der Waals surface area (Å²) in [5.41, 5.74) is -0.105. The lowest BCUT2D eigenvalue weighted by Crippen LogP contribution is -2.55. The summed E-state index contributed by atoms with van der Waals surface area (Å²) in [6.45, 7) is 9.69. The monoisotopic (exact) mass is 254 g/mol. The van der Waals surface area contributed by atoms with Crippen molar-refractivity contribution in [1.82, 2.24) is 0 Å². The van der Waals surface area contributed by atoms with Gasteiger partial charge in [0.05, 0.1) is 17.8 Å². The summed E-state index contributed by atoms with van der Waals surface area (Å²) < 4.78 is 0. The summed E-state index contributed by atoms with van der Waals surface area (Å²) in [5.74, 6) is -0.232. The highest BCUT2D eigenvalue weighted by Gasteiger charge is 2.53. The van der Waals surface area contributed by atoms with Crippen LogP contribution >= 0.6 is 0 Å². The molecule has 2 aliphatic carbocycles. The largest absolute Gasteiger partial charge is 0.392 e. The van der Waals surface area contributed by atoms with Crippen molar-refractivity contribution in [2.75, 3.05) is 0 Å². The highest BCUT2D eigenvalue weighted by atomic mass is 16.3. The van der Waals surface area contributed by atoms with E-state index in [9.17, 15) is 15.3 Å². The van der Waals surface area contributed by atoms with Crippen LogP contribution in [0.1, 0.15) is 46.5 Å². The van der Waals surface area contributed by atoms with Crippen LogP contribution in [0.3, 0.4) is 0 Å². The average Bonchev–Trinajstić information content (AvgIpc) is 2.22. The predicted molar refractivity (Wildman–Crippen MR) is 71.0 cm³/mol. The first-order valence-electron chi connectivity index (χ1n) is 6.94. The van der Waals surface area contributed by atoms with Crippen LogP contribution < -0.4 is 0 Å². The molecule has 3 N–H and O–H groups in total. The number of aliphatic hydroxyl groups excluding tert-OH is 2. The number of hydrogen-bond donors (Lipinski definition) is 3. The van der Waals surface area contributed by atoms with E-state index in [1.807, 2.05) is 0 Å². The van der Waals surface area contributed by atoms with Gasteiger partial charge in [0.2, 0.25) is 0 Å². The fraction of sp³-hybridized carbons (Fsp3) is 0.867. The quantitative estimate of drug-likeness (QED) is 0.626. The Balaban J connectivity index is 2.30. The molecule has 0 radical (unpaired) electrons. The number of fused-ring (bicyclic) bond motifs is 1. The maximum Gasteiger partial charge on any atom is 0.0751 e. The van der Waals surface area contributed by atoms with E-state index in [1.165, 1.54) is 0 Å². The third kappa shape index (κ3) is 2.13. The maximum absolute atomic E-state index is 10.6. The van der Waals surface area contributed by atoms with E-state index >= 15 is 0 Å². The van der Waals surface area contributed by atoms with Gasteiger partial charge in [-0.3, -0.25) is 0 Å². The molecule has 0 aromatic heterocycles. The molecule has 0 amide bonds. The minimum Gasteiger partial charge on any atom is -0.392 e. The molecule has 0 heterocycles. The Labute approximate surface area is 110 Å². The van der Waals surface area contributed by atoms with Crippen molar-refractivity contribution in [2.24, 2.45) is 17.3 Å². The summed E-state index contributed by atoms with van der Waals surface area (Å²) in [6.07, 6.45) is 2.37. The van der Waals surface area contributed by atoms with Crippen LogP contribution in [0.4, 0.5) is 0 Å². The molecule has 0 bridgehead atoms. The van der Waals surface area contributed by atoms with Crippen LogP contribution in [0.5, 0.6) is 0 Å². The average molecular weight is 254 g/mol. The van der Waals surface area contributed by atoms with Crippen LogP contribution in [0.25, 0.3) is 0 Å². The summed E-state index contributed by atoms with van der Waals surface area (Å²) in [5, 5.41) is 30.8. The molecular formula is C15H26O3. The summed E-state index contributed by atoms with van der Waals surface area (Å²) in [6, 6.07) is 0. The lowest BCUT2D eigenvalue weighted by Gasteiger charge is -2.54. The smallest absolute Gasteiger partial charge is 0.0751 e. The predicted octanol–water partition coefficient (Wildman–Crippen LogP) is 1.86. The summed E-state index contributed by atoms with van der Waals surface area (Å²) >= 11 is 0. The van der Waals surface area contributed by atoms with Gasteiger partial charge in [0.25, 0.3) is 0 Å². The van der Waals surface area contributed by atoms with Crippen LogP contribution in [-0.2, 0) is 0 Å². The molecule has 2 saturated carbocycles. The molecule has 0 aromatic rings. The Kier molecular flexibility index (Phi) is 3.37. The summed E-state index contributed by atoms with van der Waals surface area (Å²) in [4.78, 5) is 0. The van der Waals surface area contributed by atoms with Gasteiger partial charge in [-0.1, -0.05) is 13.5 Å². The molecule has 104 valence electrons. The van der Waals surface area contributed by atoms with E-state index in [4.69, 9.17) is 0 Å². The molecule has 3 heteroatoms. The minimum atomic E-state index is -0.885. The van der Waals surface area contributed by atoms with Crippen molar-refractivity contribution < 1.29 is 15.3 Å². The molecule has 2 aliphatic rings. The van der Waals surface area contributed by atoms with E-state index in [-0.39, 0.29) is 17.3 Å². The number of hydrogen-bond acceptors (Lipinski definition) is 3. The lowest BCUT2D eigenvalue weighted by atomic mass is 9.53.